The van der Waals surface area contributed by atoms with Gasteiger partial charge in [-0.05, 0) is 38.5 Å². The maximum Gasteiger partial charge on any atom is 0.431 e. The Hall–Kier alpha value is -1.75. The average Bonchev–Trinajstić information content (AvgIpc) is 2.27. The van der Waals surface area contributed by atoms with Crippen LogP contribution in [-0.2, 0) is 16.2 Å². The van der Waals surface area contributed by atoms with E-state index in [2.05, 4.69) is 5.48 Å². The van der Waals surface area contributed by atoms with Crippen molar-refractivity contribution in [2.24, 2.45) is 0 Å². The minimum atomic E-state index is -0.601. The Morgan fingerprint density at radius 3 is 2.33 bits per heavy atom. The van der Waals surface area contributed by atoms with Crippen LogP contribution in [0, 0.1) is 0 Å². The molecule has 1 aromatic rings. The van der Waals surface area contributed by atoms with E-state index in [9.17, 15) is 4.79 Å². The Balaban J connectivity index is 2.30. The number of hydroxylamine groups is 1. The summed E-state index contributed by atoms with van der Waals surface area (Å²) in [7, 11) is 1.61. The van der Waals surface area contributed by atoms with Crippen LogP contribution in [0.25, 0.3) is 0 Å². The van der Waals surface area contributed by atoms with Crippen LogP contribution in [0.5, 0.6) is 5.75 Å². The Morgan fingerprint density at radius 1 is 1.22 bits per heavy atom. The number of ether oxygens (including phenoxy) is 2. The van der Waals surface area contributed by atoms with Crippen LogP contribution in [0.1, 0.15) is 26.3 Å². The van der Waals surface area contributed by atoms with E-state index in [4.69, 9.17) is 14.3 Å². The fourth-order valence-electron chi connectivity index (χ4n) is 1.20. The quantitative estimate of drug-likeness (QED) is 0.838. The summed E-state index contributed by atoms with van der Waals surface area (Å²) in [5.41, 5.74) is 2.61. The minimum Gasteiger partial charge on any atom is -0.497 e. The predicted octanol–water partition coefficient (Wildman–Crippen LogP) is 2.65. The third-order valence-corrected chi connectivity index (χ3v) is 1.95. The summed E-state index contributed by atoms with van der Waals surface area (Å²) >= 11 is 0. The van der Waals surface area contributed by atoms with E-state index in [-0.39, 0.29) is 6.61 Å². The molecule has 0 atom stereocenters. The van der Waals surface area contributed by atoms with Crippen molar-refractivity contribution in [2.45, 2.75) is 33.0 Å². The van der Waals surface area contributed by atoms with Crippen molar-refractivity contribution >= 4 is 6.09 Å². The second-order valence-electron chi connectivity index (χ2n) is 4.74. The zero-order valence-electron chi connectivity index (χ0n) is 11.1. The van der Waals surface area contributed by atoms with Gasteiger partial charge >= 0.3 is 6.09 Å². The molecule has 0 aliphatic heterocycles. The molecule has 0 aliphatic rings. The Kier molecular flexibility index (Phi) is 4.97. The van der Waals surface area contributed by atoms with E-state index in [1.807, 2.05) is 24.3 Å². The summed E-state index contributed by atoms with van der Waals surface area (Å²) in [6.45, 7) is 5.63. The largest absolute Gasteiger partial charge is 0.497 e. The Labute approximate surface area is 107 Å². The van der Waals surface area contributed by atoms with Gasteiger partial charge in [0.15, 0.2) is 0 Å². The van der Waals surface area contributed by atoms with Crippen LogP contribution >= 0.6 is 0 Å². The summed E-state index contributed by atoms with van der Waals surface area (Å²) in [5, 5.41) is 0. The third-order valence-electron chi connectivity index (χ3n) is 1.95. The predicted molar refractivity (Wildman–Crippen MR) is 67.2 cm³/mol. The molecule has 0 aromatic heterocycles. The van der Waals surface area contributed by atoms with Gasteiger partial charge in [0.2, 0.25) is 0 Å². The van der Waals surface area contributed by atoms with Crippen molar-refractivity contribution in [3.8, 4) is 5.75 Å². The fourth-order valence-corrected chi connectivity index (χ4v) is 1.20. The van der Waals surface area contributed by atoms with Crippen molar-refractivity contribution in [1.29, 1.82) is 0 Å². The van der Waals surface area contributed by atoms with E-state index in [0.29, 0.717) is 0 Å². The fraction of sp³-hybridized carbons (Fsp3) is 0.462. The lowest BCUT2D eigenvalue weighted by atomic mass is 10.2. The second-order valence-corrected chi connectivity index (χ2v) is 4.74. The summed E-state index contributed by atoms with van der Waals surface area (Å²) in [4.78, 5) is 16.3. The van der Waals surface area contributed by atoms with Crippen molar-refractivity contribution in [2.75, 3.05) is 7.11 Å². The van der Waals surface area contributed by atoms with Crippen LogP contribution in [0.3, 0.4) is 0 Å². The zero-order valence-corrected chi connectivity index (χ0v) is 11.1. The highest BCUT2D eigenvalue weighted by Crippen LogP contribution is 2.11. The number of hydrogen-bond acceptors (Lipinski definition) is 4. The number of methoxy groups -OCH3 is 1. The summed E-state index contributed by atoms with van der Waals surface area (Å²) < 4.78 is 10.1. The summed E-state index contributed by atoms with van der Waals surface area (Å²) in [6.07, 6.45) is -0.601. The molecule has 1 rings (SSSR count). The number of benzene rings is 1. The lowest BCUT2D eigenvalue weighted by Gasteiger charge is -2.19. The van der Waals surface area contributed by atoms with Crippen LogP contribution in [0.2, 0.25) is 0 Å². The first-order chi connectivity index (χ1) is 8.40. The Morgan fingerprint density at radius 2 is 1.83 bits per heavy atom. The molecule has 0 saturated heterocycles. The number of hydrogen-bond donors (Lipinski definition) is 1. The highest BCUT2D eigenvalue weighted by Gasteiger charge is 2.15. The normalized spacial score (nSPS) is 10.9. The number of rotatable bonds is 4. The molecule has 5 heteroatoms. The number of carbonyl (C=O) groups excluding carboxylic acids is 1. The van der Waals surface area contributed by atoms with Gasteiger partial charge in [-0.25, -0.2) is 4.79 Å². The molecule has 100 valence electrons. The highest BCUT2D eigenvalue weighted by atomic mass is 16.7. The number of carbonyl (C=O) groups is 1. The minimum absolute atomic E-state index is 0.267. The monoisotopic (exact) mass is 253 g/mol. The van der Waals surface area contributed by atoms with Gasteiger partial charge in [-0.15, -0.1) is 0 Å². The molecule has 0 aliphatic carbocycles. The lowest BCUT2D eigenvalue weighted by Crippen LogP contribution is -2.32. The molecular weight excluding hydrogens is 234 g/mol. The molecular formula is C13H19NO4. The third kappa shape index (κ3) is 5.54. The second kappa shape index (κ2) is 6.26. The first-order valence-electron chi connectivity index (χ1n) is 5.64. The smallest absolute Gasteiger partial charge is 0.431 e. The van der Waals surface area contributed by atoms with Gasteiger partial charge in [0, 0.05) is 0 Å². The van der Waals surface area contributed by atoms with Gasteiger partial charge in [0.1, 0.15) is 11.4 Å². The molecule has 0 bridgehead atoms. The van der Waals surface area contributed by atoms with Crippen molar-refractivity contribution < 1.29 is 19.1 Å². The lowest BCUT2D eigenvalue weighted by molar-refractivity contribution is -0.0137. The average molecular weight is 253 g/mol. The highest BCUT2D eigenvalue weighted by molar-refractivity contribution is 5.66. The van der Waals surface area contributed by atoms with Gasteiger partial charge < -0.3 is 9.47 Å². The first kappa shape index (κ1) is 14.3. The van der Waals surface area contributed by atoms with E-state index < -0.39 is 11.7 Å². The van der Waals surface area contributed by atoms with Crippen LogP contribution in [0.15, 0.2) is 24.3 Å². The first-order valence-corrected chi connectivity index (χ1v) is 5.64. The van der Waals surface area contributed by atoms with Crippen LogP contribution in [-0.4, -0.2) is 18.8 Å². The van der Waals surface area contributed by atoms with E-state index in [1.165, 1.54) is 0 Å². The Bertz CT molecular complexity index is 381. The standard InChI is InChI=1S/C13H19NO4/c1-13(2,3)18-12(15)14-17-9-10-5-7-11(16-4)8-6-10/h5-8H,9H2,1-4H3,(H,14,15). The molecule has 1 N–H and O–H groups in total. The van der Waals surface area contributed by atoms with Crippen molar-refractivity contribution in [1.82, 2.24) is 5.48 Å². The van der Waals surface area contributed by atoms with Crippen molar-refractivity contribution in [3.63, 3.8) is 0 Å². The summed E-state index contributed by atoms with van der Waals surface area (Å²) in [5.74, 6) is 0.777. The van der Waals surface area contributed by atoms with E-state index >= 15 is 0 Å². The van der Waals surface area contributed by atoms with Crippen LogP contribution < -0.4 is 10.2 Å². The van der Waals surface area contributed by atoms with Crippen LogP contribution in [0.4, 0.5) is 4.79 Å². The SMILES string of the molecule is COc1ccc(CONC(=O)OC(C)(C)C)cc1. The zero-order chi connectivity index (χ0) is 13.6. The van der Waals surface area contributed by atoms with Gasteiger partial charge in [-0.1, -0.05) is 12.1 Å². The van der Waals surface area contributed by atoms with E-state index in [1.54, 1.807) is 27.9 Å². The molecule has 0 heterocycles. The maximum absolute atomic E-state index is 11.3. The molecule has 1 amide bonds. The van der Waals surface area contributed by atoms with Gasteiger partial charge in [-0.2, -0.15) is 5.48 Å². The molecule has 0 fully saturated rings. The maximum atomic E-state index is 11.3. The van der Waals surface area contributed by atoms with E-state index in [0.717, 1.165) is 11.3 Å². The van der Waals surface area contributed by atoms with Crippen molar-refractivity contribution in [3.05, 3.63) is 29.8 Å². The molecule has 0 spiro atoms. The van der Waals surface area contributed by atoms with Gasteiger partial charge in [-0.3, -0.25) is 4.84 Å². The molecule has 0 unspecified atom stereocenters. The molecule has 0 radical (unpaired) electrons. The molecule has 5 nitrogen and oxygen atoms in total. The number of amides is 1. The molecule has 0 saturated carbocycles. The molecule has 1 aromatic carbocycles. The molecule has 18 heavy (non-hydrogen) atoms. The topological polar surface area (TPSA) is 56.8 Å². The van der Waals surface area contributed by atoms with Gasteiger partial charge in [0.05, 0.1) is 13.7 Å². The number of nitrogens with one attached hydrogen (secondary N) is 1. The summed E-state index contributed by atoms with van der Waals surface area (Å²) in [6, 6.07) is 7.36. The van der Waals surface area contributed by atoms with Gasteiger partial charge in [0.25, 0.3) is 0 Å².